The van der Waals surface area contributed by atoms with Gasteiger partial charge >= 0.3 is 18.2 Å². The van der Waals surface area contributed by atoms with Crippen LogP contribution in [0.25, 0.3) is 0 Å². The zero-order valence-electron chi connectivity index (χ0n) is 19.9. The Labute approximate surface area is 193 Å². The number of nitro groups is 1. The predicted octanol–water partition coefficient (Wildman–Crippen LogP) is 4.49. The quantitative estimate of drug-likeness (QED) is 0.181. The van der Waals surface area contributed by atoms with E-state index in [9.17, 15) is 24.5 Å². The fraction of sp³-hybridized carbons (Fsp3) is 0.522. The Balaban J connectivity index is 3.25. The fourth-order valence-electron chi connectivity index (χ4n) is 2.47. The molecular formula is C23H32N2O8. The Morgan fingerprint density at radius 3 is 1.94 bits per heavy atom. The molecular weight excluding hydrogens is 432 g/mol. The molecule has 0 saturated heterocycles. The van der Waals surface area contributed by atoms with E-state index in [2.05, 4.69) is 0 Å². The number of carbonyl (C=O) groups is 3. The van der Waals surface area contributed by atoms with Crippen molar-refractivity contribution in [1.29, 1.82) is 0 Å². The Bertz CT molecular complexity index is 825. The van der Waals surface area contributed by atoms with Gasteiger partial charge in [-0.2, -0.15) is 4.90 Å². The summed E-state index contributed by atoms with van der Waals surface area (Å²) in [6.45, 7) is 9.08. The molecule has 0 N–H and O–H groups in total. The fourth-order valence-corrected chi connectivity index (χ4v) is 2.47. The second-order valence-corrected chi connectivity index (χ2v) is 9.16. The lowest BCUT2D eigenvalue weighted by Gasteiger charge is -2.32. The molecule has 0 aliphatic rings. The number of hydrogen-bond acceptors (Lipinski definition) is 8. The highest BCUT2D eigenvalue weighted by Gasteiger charge is 2.40. The molecule has 0 spiro atoms. The molecule has 0 radical (unpaired) electrons. The molecule has 0 saturated carbocycles. The smallest absolute Gasteiger partial charge is 0.420 e. The summed E-state index contributed by atoms with van der Waals surface area (Å²) in [4.78, 5) is 49.4. The number of ether oxygens (including phenoxy) is 3. The standard InChI is InChI=1S/C23H32N2O8/c1-22(2,3)32-20(27)25(21(28)33-23(4,5)6)18(14-10-11-15-24(29)30)19(26)31-16-17-12-8-7-9-13-17/h7-13,18H,14-16H2,1-6H3/t18-/m1/s1. The van der Waals surface area contributed by atoms with Crippen LogP contribution in [0.3, 0.4) is 0 Å². The van der Waals surface area contributed by atoms with Gasteiger partial charge in [0.1, 0.15) is 23.9 Å². The van der Waals surface area contributed by atoms with E-state index in [0.717, 1.165) is 0 Å². The van der Waals surface area contributed by atoms with E-state index in [0.29, 0.717) is 10.5 Å². The third kappa shape index (κ3) is 11.1. The molecule has 0 aliphatic carbocycles. The first-order valence-corrected chi connectivity index (χ1v) is 10.4. The Morgan fingerprint density at radius 1 is 0.970 bits per heavy atom. The van der Waals surface area contributed by atoms with Gasteiger partial charge in [-0.1, -0.05) is 36.4 Å². The predicted molar refractivity (Wildman–Crippen MR) is 120 cm³/mol. The van der Waals surface area contributed by atoms with Crippen LogP contribution in [0, 0.1) is 10.1 Å². The molecule has 2 amide bonds. The Morgan fingerprint density at radius 2 is 1.48 bits per heavy atom. The van der Waals surface area contributed by atoms with E-state index < -0.39 is 46.9 Å². The molecule has 0 bridgehead atoms. The van der Waals surface area contributed by atoms with Crippen LogP contribution in [0.5, 0.6) is 0 Å². The van der Waals surface area contributed by atoms with Crippen molar-refractivity contribution < 1.29 is 33.5 Å². The summed E-state index contributed by atoms with van der Waals surface area (Å²) in [6.07, 6.45) is 0.140. The van der Waals surface area contributed by atoms with Crippen molar-refractivity contribution in [3.8, 4) is 0 Å². The third-order valence-corrected chi connectivity index (χ3v) is 3.77. The van der Waals surface area contributed by atoms with E-state index in [1.807, 2.05) is 0 Å². The van der Waals surface area contributed by atoms with Crippen LogP contribution in [0.1, 0.15) is 53.5 Å². The number of hydrogen-bond donors (Lipinski definition) is 0. The van der Waals surface area contributed by atoms with Crippen LogP contribution in [0.2, 0.25) is 0 Å². The Kier molecular flexibility index (Phi) is 10.0. The molecule has 0 heterocycles. The van der Waals surface area contributed by atoms with E-state index in [4.69, 9.17) is 14.2 Å². The molecule has 182 valence electrons. The van der Waals surface area contributed by atoms with Crippen molar-refractivity contribution >= 4 is 18.2 Å². The number of imide groups is 1. The summed E-state index contributed by atoms with van der Waals surface area (Å²) >= 11 is 0. The molecule has 33 heavy (non-hydrogen) atoms. The Hall–Kier alpha value is -3.43. The highest BCUT2D eigenvalue weighted by atomic mass is 16.6. The summed E-state index contributed by atoms with van der Waals surface area (Å²) in [5, 5.41) is 10.6. The van der Waals surface area contributed by atoms with Crippen LogP contribution in [0.4, 0.5) is 9.59 Å². The first-order valence-electron chi connectivity index (χ1n) is 10.4. The monoisotopic (exact) mass is 464 g/mol. The molecule has 0 unspecified atom stereocenters. The molecule has 10 nitrogen and oxygen atoms in total. The van der Waals surface area contributed by atoms with Gasteiger partial charge in [-0.05, 0) is 59.6 Å². The highest BCUT2D eigenvalue weighted by molar-refractivity contribution is 5.94. The van der Waals surface area contributed by atoms with Gasteiger partial charge < -0.3 is 14.2 Å². The number of carbonyl (C=O) groups excluding carboxylic acids is 3. The van der Waals surface area contributed by atoms with Gasteiger partial charge in [0.05, 0.1) is 0 Å². The lowest BCUT2D eigenvalue weighted by atomic mass is 10.1. The number of esters is 1. The first kappa shape index (κ1) is 27.6. The van der Waals surface area contributed by atoms with Crippen LogP contribution >= 0.6 is 0 Å². The normalized spacial score (nSPS) is 12.7. The molecule has 1 rings (SSSR count). The minimum atomic E-state index is -1.46. The van der Waals surface area contributed by atoms with Crippen LogP contribution in [-0.2, 0) is 25.6 Å². The average Bonchev–Trinajstić information content (AvgIpc) is 2.66. The van der Waals surface area contributed by atoms with Gasteiger partial charge in [-0.25, -0.2) is 14.4 Å². The van der Waals surface area contributed by atoms with Crippen molar-refractivity contribution in [2.24, 2.45) is 0 Å². The summed E-state index contributed by atoms with van der Waals surface area (Å²) in [5.41, 5.74) is -1.22. The van der Waals surface area contributed by atoms with Crippen molar-refractivity contribution in [3.05, 3.63) is 58.2 Å². The maximum Gasteiger partial charge on any atom is 0.420 e. The number of benzene rings is 1. The highest BCUT2D eigenvalue weighted by Crippen LogP contribution is 2.20. The van der Waals surface area contributed by atoms with Gasteiger partial charge in [0, 0.05) is 4.92 Å². The molecule has 0 aliphatic heterocycles. The lowest BCUT2D eigenvalue weighted by molar-refractivity contribution is -0.468. The number of nitrogens with zero attached hydrogens (tertiary/aromatic N) is 2. The summed E-state index contributed by atoms with van der Waals surface area (Å²) in [7, 11) is 0. The molecule has 10 heteroatoms. The second kappa shape index (κ2) is 12.0. The summed E-state index contributed by atoms with van der Waals surface area (Å²) in [5.74, 6) is -0.888. The van der Waals surface area contributed by atoms with Gasteiger partial charge in [0.25, 0.3) is 0 Å². The zero-order chi connectivity index (χ0) is 25.2. The largest absolute Gasteiger partial charge is 0.459 e. The maximum atomic E-state index is 13.0. The van der Waals surface area contributed by atoms with Gasteiger partial charge in [-0.15, -0.1) is 0 Å². The maximum absolute atomic E-state index is 13.0. The second-order valence-electron chi connectivity index (χ2n) is 9.16. The summed E-state index contributed by atoms with van der Waals surface area (Å²) < 4.78 is 16.0. The van der Waals surface area contributed by atoms with E-state index in [-0.39, 0.29) is 13.0 Å². The number of rotatable bonds is 8. The van der Waals surface area contributed by atoms with Crippen LogP contribution in [0.15, 0.2) is 42.5 Å². The van der Waals surface area contributed by atoms with Gasteiger partial charge in [0.15, 0.2) is 0 Å². The topological polar surface area (TPSA) is 125 Å². The molecule has 0 fully saturated rings. The van der Waals surface area contributed by atoms with Crippen LogP contribution in [-0.4, -0.2) is 51.8 Å². The van der Waals surface area contributed by atoms with Crippen LogP contribution < -0.4 is 0 Å². The van der Waals surface area contributed by atoms with E-state index in [1.165, 1.54) is 12.2 Å². The summed E-state index contributed by atoms with van der Waals surface area (Å²) in [6, 6.07) is 7.39. The molecule has 1 atom stereocenters. The van der Waals surface area contributed by atoms with E-state index in [1.54, 1.807) is 71.9 Å². The minimum absolute atomic E-state index is 0.0920. The molecule has 0 aromatic heterocycles. The first-order chi connectivity index (χ1) is 15.2. The van der Waals surface area contributed by atoms with E-state index >= 15 is 0 Å². The SMILES string of the molecule is CC(C)(C)OC(=O)N(C(=O)OC(C)(C)C)[C@H](CC=CC[N+](=O)[O-])C(=O)OCc1ccccc1. The zero-order valence-corrected chi connectivity index (χ0v) is 19.9. The van der Waals surface area contributed by atoms with Gasteiger partial charge in [0.2, 0.25) is 6.54 Å². The minimum Gasteiger partial charge on any atom is -0.459 e. The average molecular weight is 465 g/mol. The van der Waals surface area contributed by atoms with Crippen molar-refractivity contribution in [3.63, 3.8) is 0 Å². The van der Waals surface area contributed by atoms with Crippen molar-refractivity contribution in [2.75, 3.05) is 6.54 Å². The van der Waals surface area contributed by atoms with Crippen molar-refractivity contribution in [2.45, 2.75) is 71.8 Å². The van der Waals surface area contributed by atoms with Gasteiger partial charge in [-0.3, -0.25) is 10.1 Å². The number of amides is 2. The third-order valence-electron chi connectivity index (χ3n) is 3.77. The lowest BCUT2D eigenvalue weighted by Crippen LogP contribution is -2.52. The van der Waals surface area contributed by atoms with Crippen molar-refractivity contribution in [1.82, 2.24) is 4.90 Å². The molecule has 1 aromatic rings. The molecule has 1 aromatic carbocycles.